The molecule has 0 amide bonds. The molecule has 0 radical (unpaired) electrons. The second-order valence-electron chi connectivity index (χ2n) is 18.2. The molecule has 0 aliphatic rings. The number of rotatable bonds is 16. The Labute approximate surface area is 446 Å². The van der Waals surface area contributed by atoms with Crippen LogP contribution in [0.2, 0.25) is 0 Å². The molecule has 0 aliphatic heterocycles. The monoisotopic (exact) mass is 1160 g/mol. The standard InChI is InChI=1S/C58H37BF16O3P2/c60-47-45(48(61)52(65)55(68)51(47)64)34-79(39-19-7-1-8-20-39,40-21-9-2-10-22-40,41-23-11-3-12-24-41)77-59(76-38-32-36(57(70,71)72)31-37(33-38)58(73,74)75)78-80(42-25-13-4-14-26-42,43-27-15-5-16-28-43,44-29-17-6-18-30-44)35-46-49(62)53(66)56(69)54(67)50(46)63/h1-33H,34-35H2. The quantitative estimate of drug-likeness (QED) is 0.0317. The summed E-state index contributed by atoms with van der Waals surface area (Å²) in [6.45, 7) is -12.5. The van der Waals surface area contributed by atoms with E-state index < -0.39 is 132 Å². The fraction of sp³-hybridized carbons (Fsp3) is 0.0690. The second kappa shape index (κ2) is 21.5. The Morgan fingerprint density at radius 3 is 0.725 bits per heavy atom. The molecule has 0 saturated carbocycles. The third-order valence-corrected chi connectivity index (χ3v) is 25.2. The van der Waals surface area contributed by atoms with Crippen molar-refractivity contribution < 1.29 is 83.8 Å². The van der Waals surface area contributed by atoms with Gasteiger partial charge < -0.3 is 0 Å². The number of halogens is 16. The van der Waals surface area contributed by atoms with Crippen LogP contribution in [-0.4, -0.2) is 7.32 Å². The molecule has 3 nitrogen and oxygen atoms in total. The van der Waals surface area contributed by atoms with Gasteiger partial charge in [0.25, 0.3) is 0 Å². The summed E-state index contributed by atoms with van der Waals surface area (Å²) in [5.41, 5.74) is -7.11. The van der Waals surface area contributed by atoms with Crippen LogP contribution in [0.5, 0.6) is 5.75 Å². The SMILES string of the molecule is Fc1c(F)c(F)c(CP(OB(Oc2cc(C(F)(F)F)cc(C(F)(F)F)c2)OP(Cc2c(F)c(F)c(F)c(F)c2F)(c2ccccc2)(c2ccccc2)c2ccccc2)(c2ccccc2)(c2ccccc2)c2ccccc2)c(F)c1F. The van der Waals surface area contributed by atoms with Gasteiger partial charge in [0.2, 0.25) is 0 Å². The molecule has 412 valence electrons. The van der Waals surface area contributed by atoms with Crippen molar-refractivity contribution in [2.75, 3.05) is 0 Å². The molecule has 0 aliphatic carbocycles. The predicted octanol–water partition coefficient (Wildman–Crippen LogP) is 14.8. The molecule has 0 heterocycles. The van der Waals surface area contributed by atoms with Gasteiger partial charge in [0.1, 0.15) is 0 Å². The predicted molar refractivity (Wildman–Crippen MR) is 275 cm³/mol. The minimum absolute atomic E-state index is 0.0914. The summed E-state index contributed by atoms with van der Waals surface area (Å²) in [7, 11) is -3.11. The van der Waals surface area contributed by atoms with E-state index >= 15 is 43.9 Å². The molecule has 9 aromatic carbocycles. The molecule has 0 saturated heterocycles. The van der Waals surface area contributed by atoms with Gasteiger partial charge >= 0.3 is 448 Å². The van der Waals surface area contributed by atoms with Crippen LogP contribution in [-0.2, 0) is 33.6 Å². The van der Waals surface area contributed by atoms with Gasteiger partial charge in [-0.1, -0.05) is 0 Å². The van der Waals surface area contributed by atoms with Crippen molar-refractivity contribution in [3.8, 4) is 5.75 Å². The fourth-order valence-corrected chi connectivity index (χ4v) is 21.4. The zero-order valence-electron chi connectivity index (χ0n) is 40.7. The van der Waals surface area contributed by atoms with Crippen LogP contribution in [0.1, 0.15) is 22.3 Å². The van der Waals surface area contributed by atoms with E-state index in [9.17, 15) is 26.3 Å². The Morgan fingerprint density at radius 2 is 0.512 bits per heavy atom. The summed E-state index contributed by atoms with van der Waals surface area (Å²) in [5, 5.41) is -1.27. The summed E-state index contributed by atoms with van der Waals surface area (Å²) < 4.78 is 271. The Hall–Kier alpha value is -7.50. The van der Waals surface area contributed by atoms with E-state index in [2.05, 4.69) is 0 Å². The first-order valence-electron chi connectivity index (χ1n) is 23.7. The summed E-state index contributed by atoms with van der Waals surface area (Å²) in [4.78, 5) is 0. The molecular formula is C58H37BF16O3P2. The van der Waals surface area contributed by atoms with Crippen molar-refractivity contribution in [3.05, 3.63) is 281 Å². The van der Waals surface area contributed by atoms with E-state index in [0.717, 1.165) is 0 Å². The number of hydrogen-bond acceptors (Lipinski definition) is 3. The Morgan fingerprint density at radius 1 is 0.300 bits per heavy atom. The molecule has 0 fully saturated rings. The molecule has 0 bridgehead atoms. The third kappa shape index (κ3) is 9.59. The number of alkyl halides is 6. The molecule has 0 unspecified atom stereocenters. The van der Waals surface area contributed by atoms with Crippen molar-refractivity contribution in [1.82, 2.24) is 0 Å². The molecule has 0 atom stereocenters. The van der Waals surface area contributed by atoms with E-state index in [4.69, 9.17) is 13.5 Å². The molecule has 0 N–H and O–H groups in total. The van der Waals surface area contributed by atoms with Crippen molar-refractivity contribution in [2.24, 2.45) is 0 Å². The van der Waals surface area contributed by atoms with Gasteiger partial charge in [-0.3, -0.25) is 0 Å². The van der Waals surface area contributed by atoms with Gasteiger partial charge in [0, 0.05) is 0 Å². The van der Waals surface area contributed by atoms with E-state index in [1.807, 2.05) is 0 Å². The van der Waals surface area contributed by atoms with Crippen LogP contribution in [0.15, 0.2) is 200 Å². The average Bonchev–Trinajstić information content (AvgIpc) is 3.55. The second-order valence-corrected chi connectivity index (χ2v) is 27.2. The van der Waals surface area contributed by atoms with E-state index in [1.54, 1.807) is 0 Å². The Bertz CT molecular complexity index is 3220. The summed E-state index contributed by atoms with van der Waals surface area (Å²) in [6.07, 6.45) is -14.1. The third-order valence-electron chi connectivity index (χ3n) is 13.8. The summed E-state index contributed by atoms with van der Waals surface area (Å²) >= 11 is 0. The van der Waals surface area contributed by atoms with Crippen LogP contribution in [0.25, 0.3) is 0 Å². The Balaban J connectivity index is 1.54. The van der Waals surface area contributed by atoms with Crippen molar-refractivity contribution in [3.63, 3.8) is 0 Å². The molecule has 9 aromatic rings. The van der Waals surface area contributed by atoms with Crippen LogP contribution in [0.3, 0.4) is 0 Å². The maximum atomic E-state index is 16.9. The fourth-order valence-electron chi connectivity index (χ4n) is 10.1. The summed E-state index contributed by atoms with van der Waals surface area (Å²) in [6, 6.07) is 40.2. The van der Waals surface area contributed by atoms with Crippen molar-refractivity contribution in [1.29, 1.82) is 0 Å². The molecule has 0 aromatic heterocycles. The molecular weight excluding hydrogens is 1120 g/mol. The van der Waals surface area contributed by atoms with Crippen molar-refractivity contribution >= 4 is 52.8 Å². The Kier molecular flexibility index (Phi) is 15.4. The maximum absolute atomic E-state index is 16.9. The van der Waals surface area contributed by atoms with E-state index in [1.165, 1.54) is 182 Å². The van der Waals surface area contributed by atoms with Gasteiger partial charge in [-0.2, -0.15) is 0 Å². The van der Waals surface area contributed by atoms with Gasteiger partial charge in [-0.25, -0.2) is 0 Å². The van der Waals surface area contributed by atoms with E-state index in [-0.39, 0.29) is 50.0 Å². The van der Waals surface area contributed by atoms with Gasteiger partial charge in [-0.05, 0) is 0 Å². The number of hydrogen-bond donors (Lipinski definition) is 0. The van der Waals surface area contributed by atoms with Crippen LogP contribution >= 0.6 is 13.7 Å². The first kappa shape index (κ1) is 57.2. The zero-order valence-corrected chi connectivity index (χ0v) is 42.5. The molecule has 22 heteroatoms. The zero-order chi connectivity index (χ0) is 57.5. The van der Waals surface area contributed by atoms with Crippen LogP contribution in [0, 0.1) is 58.2 Å². The first-order valence-corrected chi connectivity index (χ1v) is 28.4. The first-order chi connectivity index (χ1) is 38.0. The van der Waals surface area contributed by atoms with E-state index in [0.29, 0.717) is 0 Å². The van der Waals surface area contributed by atoms with Crippen LogP contribution in [0.4, 0.5) is 70.2 Å². The van der Waals surface area contributed by atoms with Gasteiger partial charge in [-0.15, -0.1) is 0 Å². The van der Waals surface area contributed by atoms with Gasteiger partial charge in [0.05, 0.1) is 0 Å². The molecule has 0 spiro atoms. The molecule has 9 rings (SSSR count). The normalized spacial score (nSPS) is 13.2. The minimum atomic E-state index is -6.23. The van der Waals surface area contributed by atoms with Crippen LogP contribution < -0.4 is 36.5 Å². The number of benzene rings is 9. The molecule has 80 heavy (non-hydrogen) atoms. The topological polar surface area (TPSA) is 27.7 Å². The average molecular weight is 1160 g/mol. The van der Waals surface area contributed by atoms with Crippen molar-refractivity contribution in [2.45, 2.75) is 24.7 Å². The summed E-state index contributed by atoms with van der Waals surface area (Å²) in [5.74, 6) is -26.0. The van der Waals surface area contributed by atoms with Gasteiger partial charge in [0.15, 0.2) is 0 Å².